The number of para-hydroxylation sites is 1. The minimum Gasteiger partial charge on any atom is -0.389 e. The predicted molar refractivity (Wildman–Crippen MR) is 72.6 cm³/mol. The van der Waals surface area contributed by atoms with E-state index in [0.29, 0.717) is 6.42 Å². The molecule has 6 nitrogen and oxygen atoms in total. The van der Waals surface area contributed by atoms with Crippen LogP contribution in [0.3, 0.4) is 0 Å². The third-order valence-electron chi connectivity index (χ3n) is 2.71. The molecule has 0 bridgehead atoms. The highest BCUT2D eigenvalue weighted by atomic mass is 35.5. The summed E-state index contributed by atoms with van der Waals surface area (Å²) in [5, 5.41) is 10.7. The zero-order valence-electron chi connectivity index (χ0n) is 11.1. The standard InChI is InChI=1S/C13H14ClNO5/c1-3-5-8(2)12(16)20-13(17)9-6-4-7-10(14)11(9)15(18)19/h4,6-8H,3,5H2,1-2H3. The van der Waals surface area contributed by atoms with Crippen molar-refractivity contribution in [1.82, 2.24) is 0 Å². The van der Waals surface area contributed by atoms with E-state index < -0.39 is 28.5 Å². The molecule has 1 aromatic carbocycles. The second-order valence-corrected chi connectivity index (χ2v) is 4.70. The fourth-order valence-corrected chi connectivity index (χ4v) is 1.91. The Morgan fingerprint density at radius 1 is 1.45 bits per heavy atom. The first-order valence-electron chi connectivity index (χ1n) is 6.07. The topological polar surface area (TPSA) is 86.5 Å². The molecule has 1 atom stereocenters. The highest BCUT2D eigenvalue weighted by Gasteiger charge is 2.27. The van der Waals surface area contributed by atoms with Crippen molar-refractivity contribution >= 4 is 29.2 Å². The minimum atomic E-state index is -1.06. The van der Waals surface area contributed by atoms with E-state index in [0.717, 1.165) is 6.42 Å². The number of hydrogen-bond donors (Lipinski definition) is 0. The van der Waals surface area contributed by atoms with Crippen molar-refractivity contribution < 1.29 is 19.2 Å². The Morgan fingerprint density at radius 2 is 2.10 bits per heavy atom. The maximum Gasteiger partial charge on any atom is 0.352 e. The Labute approximate surface area is 120 Å². The fraction of sp³-hybridized carbons (Fsp3) is 0.385. The van der Waals surface area contributed by atoms with Crippen LogP contribution in [0.4, 0.5) is 5.69 Å². The summed E-state index contributed by atoms with van der Waals surface area (Å²) in [5.41, 5.74) is -0.894. The number of ether oxygens (including phenoxy) is 1. The van der Waals surface area contributed by atoms with E-state index in [4.69, 9.17) is 11.6 Å². The summed E-state index contributed by atoms with van der Waals surface area (Å²) in [6.45, 7) is 3.53. The maximum atomic E-state index is 11.8. The van der Waals surface area contributed by atoms with Crippen LogP contribution < -0.4 is 0 Å². The van der Waals surface area contributed by atoms with Gasteiger partial charge in [0.25, 0.3) is 0 Å². The molecule has 0 N–H and O–H groups in total. The number of hydrogen-bond acceptors (Lipinski definition) is 5. The van der Waals surface area contributed by atoms with Gasteiger partial charge in [-0.3, -0.25) is 14.9 Å². The number of esters is 2. The highest BCUT2D eigenvalue weighted by Crippen LogP contribution is 2.28. The molecule has 0 heterocycles. The van der Waals surface area contributed by atoms with Gasteiger partial charge >= 0.3 is 17.6 Å². The summed E-state index contributed by atoms with van der Waals surface area (Å²) in [4.78, 5) is 33.6. The second-order valence-electron chi connectivity index (χ2n) is 4.29. The van der Waals surface area contributed by atoms with Gasteiger partial charge < -0.3 is 4.74 Å². The van der Waals surface area contributed by atoms with Gasteiger partial charge in [-0.1, -0.05) is 37.9 Å². The zero-order valence-corrected chi connectivity index (χ0v) is 11.8. The molecular weight excluding hydrogens is 286 g/mol. The molecule has 0 aliphatic carbocycles. The van der Waals surface area contributed by atoms with Gasteiger partial charge in [-0.2, -0.15) is 0 Å². The van der Waals surface area contributed by atoms with E-state index in [1.807, 2.05) is 6.92 Å². The number of rotatable bonds is 5. The molecule has 0 fully saturated rings. The van der Waals surface area contributed by atoms with E-state index >= 15 is 0 Å². The number of halogens is 1. The Kier molecular flexibility index (Phi) is 5.64. The predicted octanol–water partition coefficient (Wildman–Crippen LogP) is 3.37. The number of nitrogens with zero attached hydrogens (tertiary/aromatic N) is 1. The fourth-order valence-electron chi connectivity index (χ4n) is 1.66. The van der Waals surface area contributed by atoms with Crippen LogP contribution in [0.15, 0.2) is 18.2 Å². The monoisotopic (exact) mass is 299 g/mol. The summed E-state index contributed by atoms with van der Waals surface area (Å²) in [5.74, 6) is -2.21. The maximum absolute atomic E-state index is 11.8. The molecule has 7 heteroatoms. The van der Waals surface area contributed by atoms with Crippen LogP contribution in [0.5, 0.6) is 0 Å². The largest absolute Gasteiger partial charge is 0.389 e. The number of benzene rings is 1. The number of carbonyl (C=O) groups excluding carboxylic acids is 2. The van der Waals surface area contributed by atoms with Crippen LogP contribution in [0, 0.1) is 16.0 Å². The third kappa shape index (κ3) is 3.77. The number of nitro groups is 1. The van der Waals surface area contributed by atoms with Crippen molar-refractivity contribution in [2.45, 2.75) is 26.7 Å². The molecule has 1 unspecified atom stereocenters. The van der Waals surface area contributed by atoms with E-state index in [1.165, 1.54) is 18.2 Å². The van der Waals surface area contributed by atoms with Gasteiger partial charge in [-0.05, 0) is 18.6 Å². The molecule has 0 aromatic heterocycles. The number of nitro benzene ring substituents is 1. The normalized spacial score (nSPS) is 11.8. The molecular formula is C13H14ClNO5. The average molecular weight is 300 g/mol. The molecule has 1 rings (SSSR count). The van der Waals surface area contributed by atoms with Crippen LogP contribution >= 0.6 is 11.6 Å². The molecule has 0 amide bonds. The van der Waals surface area contributed by atoms with Crippen molar-refractivity contribution in [3.63, 3.8) is 0 Å². The first kappa shape index (κ1) is 16.1. The Bertz CT molecular complexity index is 544. The quantitative estimate of drug-likeness (QED) is 0.360. The van der Waals surface area contributed by atoms with Gasteiger partial charge in [0.05, 0.1) is 10.8 Å². The molecule has 0 aliphatic rings. The van der Waals surface area contributed by atoms with Crippen LogP contribution in [0.2, 0.25) is 5.02 Å². The summed E-state index contributed by atoms with van der Waals surface area (Å²) in [7, 11) is 0. The molecule has 0 saturated carbocycles. The minimum absolute atomic E-state index is 0.182. The highest BCUT2D eigenvalue weighted by molar-refractivity contribution is 6.33. The van der Waals surface area contributed by atoms with Gasteiger partial charge in [0.15, 0.2) is 0 Å². The molecule has 0 aliphatic heterocycles. The van der Waals surface area contributed by atoms with E-state index in [2.05, 4.69) is 4.74 Å². The lowest BCUT2D eigenvalue weighted by Crippen LogP contribution is -2.20. The molecule has 1 aromatic rings. The average Bonchev–Trinajstić information content (AvgIpc) is 2.37. The summed E-state index contributed by atoms with van der Waals surface area (Å²) < 4.78 is 4.66. The van der Waals surface area contributed by atoms with Crippen molar-refractivity contribution in [2.75, 3.05) is 0 Å². The Balaban J connectivity index is 2.96. The Morgan fingerprint density at radius 3 is 2.65 bits per heavy atom. The summed E-state index contributed by atoms with van der Waals surface area (Å²) in [6.07, 6.45) is 1.34. The van der Waals surface area contributed by atoms with Crippen LogP contribution in [0.1, 0.15) is 37.0 Å². The smallest absolute Gasteiger partial charge is 0.352 e. The SMILES string of the molecule is CCCC(C)C(=O)OC(=O)c1cccc(Cl)c1[N+](=O)[O-]. The summed E-state index contributed by atoms with van der Waals surface area (Å²) in [6, 6.07) is 3.87. The number of carbonyl (C=O) groups is 2. The van der Waals surface area contributed by atoms with Gasteiger partial charge in [-0.15, -0.1) is 0 Å². The van der Waals surface area contributed by atoms with E-state index in [1.54, 1.807) is 6.92 Å². The van der Waals surface area contributed by atoms with Crippen LogP contribution in [0.25, 0.3) is 0 Å². The summed E-state index contributed by atoms with van der Waals surface area (Å²) >= 11 is 5.68. The lowest BCUT2D eigenvalue weighted by atomic mass is 10.1. The van der Waals surface area contributed by atoms with Gasteiger partial charge in [0.1, 0.15) is 10.6 Å². The molecule has 0 saturated heterocycles. The van der Waals surface area contributed by atoms with Crippen LogP contribution in [-0.4, -0.2) is 16.9 Å². The first-order valence-corrected chi connectivity index (χ1v) is 6.45. The Hall–Kier alpha value is -1.95. The zero-order chi connectivity index (χ0) is 15.3. The third-order valence-corrected chi connectivity index (χ3v) is 3.01. The van der Waals surface area contributed by atoms with Crippen LogP contribution in [-0.2, 0) is 9.53 Å². The second kappa shape index (κ2) is 7.00. The van der Waals surface area contributed by atoms with Gasteiger partial charge in [0.2, 0.25) is 0 Å². The van der Waals surface area contributed by atoms with Gasteiger partial charge in [0, 0.05) is 0 Å². The van der Waals surface area contributed by atoms with Gasteiger partial charge in [-0.25, -0.2) is 4.79 Å². The van der Waals surface area contributed by atoms with Crippen molar-refractivity contribution in [1.29, 1.82) is 0 Å². The lowest BCUT2D eigenvalue weighted by molar-refractivity contribution is -0.385. The molecule has 0 spiro atoms. The molecule has 0 radical (unpaired) electrons. The first-order chi connectivity index (χ1) is 9.38. The van der Waals surface area contributed by atoms with E-state index in [9.17, 15) is 19.7 Å². The van der Waals surface area contributed by atoms with E-state index in [-0.39, 0.29) is 10.6 Å². The molecule has 108 valence electrons. The van der Waals surface area contributed by atoms with Crippen molar-refractivity contribution in [3.05, 3.63) is 38.9 Å². The van der Waals surface area contributed by atoms with Crippen molar-refractivity contribution in [2.24, 2.45) is 5.92 Å². The molecule has 20 heavy (non-hydrogen) atoms. The van der Waals surface area contributed by atoms with Crippen molar-refractivity contribution in [3.8, 4) is 0 Å². The lowest BCUT2D eigenvalue weighted by Gasteiger charge is -2.09.